The fourth-order valence-electron chi connectivity index (χ4n) is 2.49. The van der Waals surface area contributed by atoms with E-state index in [0.29, 0.717) is 11.6 Å². The van der Waals surface area contributed by atoms with Crippen molar-refractivity contribution in [1.29, 1.82) is 0 Å². The highest BCUT2D eigenvalue weighted by Crippen LogP contribution is 2.19. The average Bonchev–Trinajstić information content (AvgIpc) is 3.12. The minimum absolute atomic E-state index is 0.273. The lowest BCUT2D eigenvalue weighted by Gasteiger charge is -1.97. The smallest absolute Gasteiger partial charge is 0.250 e. The fraction of sp³-hybridized carbons (Fsp3) is 0.222. The molecule has 0 fully saturated rings. The highest BCUT2D eigenvalue weighted by atomic mass is 32.1. The molecule has 0 unspecified atom stereocenters. The number of nitrogens with one attached hydrogen (secondary N) is 1. The minimum Gasteiger partial charge on any atom is -0.297 e. The number of benzene rings is 1. The molecular weight excluding hydrogens is 353 g/mol. The molecule has 8 heteroatoms. The Morgan fingerprint density at radius 3 is 2.65 bits per heavy atom. The van der Waals surface area contributed by atoms with E-state index in [1.165, 1.54) is 29.5 Å². The van der Waals surface area contributed by atoms with Gasteiger partial charge in [0.05, 0.1) is 5.69 Å². The molecular formula is C18H18FN5OS. The first-order valence-corrected chi connectivity index (χ1v) is 8.80. The number of rotatable bonds is 5. The zero-order valence-corrected chi connectivity index (χ0v) is 15.5. The Morgan fingerprint density at radius 1 is 1.27 bits per heavy atom. The van der Waals surface area contributed by atoms with Crippen molar-refractivity contribution in [1.82, 2.24) is 20.0 Å². The molecule has 0 radical (unpaired) electrons. The van der Waals surface area contributed by atoms with Gasteiger partial charge < -0.3 is 0 Å². The van der Waals surface area contributed by atoms with Crippen LogP contribution in [0.3, 0.4) is 0 Å². The minimum atomic E-state index is -0.280. The van der Waals surface area contributed by atoms with E-state index in [4.69, 9.17) is 0 Å². The summed E-state index contributed by atoms with van der Waals surface area (Å²) in [6.07, 6.45) is 3.74. The number of anilines is 1. The summed E-state index contributed by atoms with van der Waals surface area (Å²) in [7, 11) is 1.86. The first kappa shape index (κ1) is 17.9. The lowest BCUT2D eigenvalue weighted by molar-refractivity contribution is -0.111. The maximum atomic E-state index is 12.9. The quantitative estimate of drug-likeness (QED) is 0.699. The van der Waals surface area contributed by atoms with E-state index in [1.807, 2.05) is 20.9 Å². The van der Waals surface area contributed by atoms with Gasteiger partial charge in [-0.15, -0.1) is 10.2 Å². The highest BCUT2D eigenvalue weighted by Gasteiger charge is 2.09. The Morgan fingerprint density at radius 2 is 2.00 bits per heavy atom. The van der Waals surface area contributed by atoms with Crippen LogP contribution in [0, 0.1) is 19.7 Å². The van der Waals surface area contributed by atoms with Gasteiger partial charge >= 0.3 is 0 Å². The van der Waals surface area contributed by atoms with Crippen molar-refractivity contribution in [3.05, 3.63) is 63.7 Å². The maximum absolute atomic E-state index is 12.9. The number of halogens is 1. The second-order valence-corrected chi connectivity index (χ2v) is 6.90. The first-order chi connectivity index (χ1) is 12.4. The Hall–Kier alpha value is -2.87. The van der Waals surface area contributed by atoms with Crippen LogP contribution in [-0.2, 0) is 18.3 Å². The third kappa shape index (κ3) is 4.20. The number of amides is 1. The van der Waals surface area contributed by atoms with Crippen molar-refractivity contribution in [3.8, 4) is 0 Å². The van der Waals surface area contributed by atoms with Gasteiger partial charge in [-0.05, 0) is 37.6 Å². The Bertz CT molecular complexity index is 959. The first-order valence-electron chi connectivity index (χ1n) is 7.98. The number of hydrogen-bond acceptors (Lipinski definition) is 5. The summed E-state index contributed by atoms with van der Waals surface area (Å²) < 4.78 is 14.7. The van der Waals surface area contributed by atoms with Crippen molar-refractivity contribution in [2.75, 3.05) is 5.32 Å². The topological polar surface area (TPSA) is 72.7 Å². The molecule has 1 N–H and O–H groups in total. The number of nitrogens with zero attached hydrogens (tertiary/aromatic N) is 4. The van der Waals surface area contributed by atoms with Crippen LogP contribution in [0.15, 0.2) is 30.3 Å². The van der Waals surface area contributed by atoms with Crippen LogP contribution >= 0.6 is 11.3 Å². The van der Waals surface area contributed by atoms with Crippen molar-refractivity contribution in [2.45, 2.75) is 20.3 Å². The molecule has 0 atom stereocenters. The third-order valence-corrected chi connectivity index (χ3v) is 4.77. The molecule has 2 aromatic heterocycles. The largest absolute Gasteiger partial charge is 0.297 e. The standard InChI is InChI=1S/C18H18FN5OS/c1-11-15(12(2)24(3)23-11)8-9-16(25)20-18-22-21-17(26-18)10-13-4-6-14(19)7-5-13/h4-9H,10H2,1-3H3,(H,20,22,25)/b9-8+. The van der Waals surface area contributed by atoms with Crippen LogP contribution in [0.2, 0.25) is 0 Å². The highest BCUT2D eigenvalue weighted by molar-refractivity contribution is 7.15. The van der Waals surface area contributed by atoms with Gasteiger partial charge in [0.15, 0.2) is 0 Å². The van der Waals surface area contributed by atoms with Crippen molar-refractivity contribution in [3.63, 3.8) is 0 Å². The summed E-state index contributed by atoms with van der Waals surface area (Å²) >= 11 is 1.29. The van der Waals surface area contributed by atoms with Gasteiger partial charge in [-0.1, -0.05) is 23.5 Å². The molecule has 0 saturated carbocycles. The lowest BCUT2D eigenvalue weighted by Crippen LogP contribution is -2.07. The van der Waals surface area contributed by atoms with E-state index in [9.17, 15) is 9.18 Å². The summed E-state index contributed by atoms with van der Waals surface area (Å²) in [5.74, 6) is -0.554. The van der Waals surface area contributed by atoms with Gasteiger partial charge in [-0.3, -0.25) is 14.8 Å². The van der Waals surface area contributed by atoms with Gasteiger partial charge in [-0.2, -0.15) is 5.10 Å². The van der Waals surface area contributed by atoms with Gasteiger partial charge in [0.1, 0.15) is 10.8 Å². The Kier molecular flexibility index (Phi) is 5.22. The predicted octanol–water partition coefficient (Wildman–Crippen LogP) is 3.27. The lowest BCUT2D eigenvalue weighted by atomic mass is 10.2. The van der Waals surface area contributed by atoms with Crippen LogP contribution in [-0.4, -0.2) is 25.9 Å². The van der Waals surface area contributed by atoms with Crippen molar-refractivity contribution < 1.29 is 9.18 Å². The Labute approximate surface area is 154 Å². The molecule has 1 aromatic carbocycles. The Balaban J connectivity index is 1.62. The average molecular weight is 371 g/mol. The molecule has 2 heterocycles. The number of aryl methyl sites for hydroxylation is 2. The van der Waals surface area contributed by atoms with Crippen molar-refractivity contribution in [2.24, 2.45) is 7.05 Å². The maximum Gasteiger partial charge on any atom is 0.250 e. The molecule has 134 valence electrons. The monoisotopic (exact) mass is 371 g/mol. The van der Waals surface area contributed by atoms with E-state index >= 15 is 0 Å². The summed E-state index contributed by atoms with van der Waals surface area (Å²) in [4.78, 5) is 12.1. The summed E-state index contributed by atoms with van der Waals surface area (Å²) in [5.41, 5.74) is 3.72. The van der Waals surface area contributed by atoms with Crippen LogP contribution < -0.4 is 5.32 Å². The van der Waals surface area contributed by atoms with E-state index in [0.717, 1.165) is 27.5 Å². The molecule has 3 rings (SSSR count). The van der Waals surface area contributed by atoms with Crippen LogP contribution in [0.4, 0.5) is 9.52 Å². The SMILES string of the molecule is Cc1nn(C)c(C)c1/C=C/C(=O)Nc1nnc(Cc2ccc(F)cc2)s1. The molecule has 0 aliphatic rings. The molecule has 0 aliphatic heterocycles. The zero-order valence-electron chi connectivity index (χ0n) is 14.7. The molecule has 0 saturated heterocycles. The second-order valence-electron chi connectivity index (χ2n) is 5.83. The third-order valence-electron chi connectivity index (χ3n) is 3.93. The normalized spacial score (nSPS) is 11.2. The van der Waals surface area contributed by atoms with Gasteiger partial charge in [0.2, 0.25) is 11.0 Å². The van der Waals surface area contributed by atoms with E-state index in [1.54, 1.807) is 22.9 Å². The number of carbonyl (C=O) groups is 1. The molecule has 3 aromatic rings. The van der Waals surface area contributed by atoms with E-state index in [-0.39, 0.29) is 11.7 Å². The summed E-state index contributed by atoms with van der Waals surface area (Å²) in [6, 6.07) is 6.23. The summed E-state index contributed by atoms with van der Waals surface area (Å²) in [5, 5.41) is 16.2. The molecule has 0 aliphatic carbocycles. The number of aromatic nitrogens is 4. The van der Waals surface area contributed by atoms with E-state index in [2.05, 4.69) is 20.6 Å². The van der Waals surface area contributed by atoms with Crippen LogP contribution in [0.5, 0.6) is 0 Å². The molecule has 0 spiro atoms. The second kappa shape index (κ2) is 7.57. The number of hydrogen-bond donors (Lipinski definition) is 1. The molecule has 6 nitrogen and oxygen atoms in total. The van der Waals surface area contributed by atoms with E-state index < -0.39 is 0 Å². The molecule has 1 amide bonds. The summed E-state index contributed by atoms with van der Waals surface area (Å²) in [6.45, 7) is 3.85. The number of carbonyl (C=O) groups excluding carboxylic acids is 1. The van der Waals surface area contributed by atoms with Gasteiger partial charge in [0, 0.05) is 30.8 Å². The molecule has 0 bridgehead atoms. The molecule has 26 heavy (non-hydrogen) atoms. The van der Waals surface area contributed by atoms with Gasteiger partial charge in [-0.25, -0.2) is 4.39 Å². The van der Waals surface area contributed by atoms with Crippen LogP contribution in [0.25, 0.3) is 6.08 Å². The van der Waals surface area contributed by atoms with Gasteiger partial charge in [0.25, 0.3) is 0 Å². The predicted molar refractivity (Wildman–Crippen MR) is 99.5 cm³/mol. The van der Waals surface area contributed by atoms with Crippen molar-refractivity contribution >= 4 is 28.5 Å². The fourth-order valence-corrected chi connectivity index (χ4v) is 3.27. The zero-order chi connectivity index (χ0) is 18.7. The van der Waals surface area contributed by atoms with Crippen LogP contribution in [0.1, 0.15) is 27.5 Å².